The van der Waals surface area contributed by atoms with Crippen LogP contribution in [0.4, 0.5) is 5.95 Å². The third kappa shape index (κ3) is 3.80. The summed E-state index contributed by atoms with van der Waals surface area (Å²) < 4.78 is 0. The monoisotopic (exact) mass is 446 g/mol. The Bertz CT molecular complexity index is 990. The maximum absolute atomic E-state index is 11.5. The molecule has 2 heterocycles. The average Bonchev–Trinajstić information content (AvgIpc) is 3.08. The van der Waals surface area contributed by atoms with Crippen LogP contribution in [0, 0.1) is 17.2 Å². The van der Waals surface area contributed by atoms with Crippen molar-refractivity contribution >= 4 is 5.95 Å². The summed E-state index contributed by atoms with van der Waals surface area (Å²) in [6.07, 6.45) is 10.3. The largest absolute Gasteiger partial charge is 0.361 e. The van der Waals surface area contributed by atoms with Crippen LogP contribution in [0.2, 0.25) is 0 Å². The van der Waals surface area contributed by atoms with E-state index in [1.165, 1.54) is 24.8 Å². The van der Waals surface area contributed by atoms with Crippen molar-refractivity contribution < 1.29 is 5.11 Å². The molecule has 3 fully saturated rings. The van der Waals surface area contributed by atoms with Crippen molar-refractivity contribution in [2.24, 2.45) is 5.92 Å². The number of aliphatic hydroxyl groups excluding tert-OH is 1. The van der Waals surface area contributed by atoms with Crippen molar-refractivity contribution in [3.8, 4) is 6.07 Å². The van der Waals surface area contributed by atoms with Gasteiger partial charge in [0.25, 0.3) is 0 Å². The van der Waals surface area contributed by atoms with Gasteiger partial charge in [-0.3, -0.25) is 9.80 Å². The number of nitrogens with zero attached hydrogens (tertiary/aromatic N) is 6. The summed E-state index contributed by atoms with van der Waals surface area (Å²) in [6, 6.07) is 12.9. The third-order valence-electron chi connectivity index (χ3n) is 8.51. The summed E-state index contributed by atoms with van der Waals surface area (Å²) in [5.74, 6) is 1.16. The quantitative estimate of drug-likeness (QED) is 0.755. The van der Waals surface area contributed by atoms with Crippen LogP contribution in [0.15, 0.2) is 42.7 Å². The van der Waals surface area contributed by atoms with E-state index >= 15 is 0 Å². The second kappa shape index (κ2) is 8.68. The molecule has 33 heavy (non-hydrogen) atoms. The fraction of sp³-hybridized carbons (Fsp3) is 0.577. The molecule has 1 atom stereocenters. The standard InChI is InChI=1S/C26H34N6O/c1-30(2)26(22-9-4-3-5-10-22)13-11-25(12-14-26)19-31(23-28-16-21(15-27)17-29-23)24(33)32(25)18-20-7-6-8-20/h3-5,9-10,16-17,20,24,33H,6-8,11-14,18-19H2,1-2H3. The van der Waals surface area contributed by atoms with E-state index in [0.29, 0.717) is 24.0 Å². The van der Waals surface area contributed by atoms with Crippen molar-refractivity contribution in [2.75, 3.05) is 32.1 Å². The van der Waals surface area contributed by atoms with Gasteiger partial charge in [0.15, 0.2) is 6.35 Å². The summed E-state index contributed by atoms with van der Waals surface area (Å²) in [6.45, 7) is 1.64. The van der Waals surface area contributed by atoms with Gasteiger partial charge in [-0.25, -0.2) is 9.97 Å². The first kappa shape index (κ1) is 22.3. The lowest BCUT2D eigenvalue weighted by Gasteiger charge is -2.52. The molecule has 7 heteroatoms. The lowest BCUT2D eigenvalue weighted by Crippen LogP contribution is -2.57. The Morgan fingerprint density at radius 2 is 1.76 bits per heavy atom. The van der Waals surface area contributed by atoms with Gasteiger partial charge in [-0.1, -0.05) is 36.8 Å². The number of aliphatic hydroxyl groups is 1. The second-order valence-corrected chi connectivity index (χ2v) is 10.3. The molecule has 7 nitrogen and oxygen atoms in total. The molecule has 2 aliphatic carbocycles. The van der Waals surface area contributed by atoms with Gasteiger partial charge in [-0.2, -0.15) is 5.26 Å². The highest BCUT2D eigenvalue weighted by molar-refractivity contribution is 5.38. The molecule has 2 aromatic rings. The molecule has 2 saturated carbocycles. The van der Waals surface area contributed by atoms with Gasteiger partial charge in [0.2, 0.25) is 5.95 Å². The van der Waals surface area contributed by atoms with Gasteiger partial charge in [-0.05, 0) is 64.1 Å². The van der Waals surface area contributed by atoms with Gasteiger partial charge in [0.05, 0.1) is 18.0 Å². The first-order valence-corrected chi connectivity index (χ1v) is 12.1. The minimum absolute atomic E-state index is 0.0119. The molecule has 0 amide bonds. The summed E-state index contributed by atoms with van der Waals surface area (Å²) in [5, 5.41) is 20.6. The van der Waals surface area contributed by atoms with E-state index < -0.39 is 6.35 Å². The highest BCUT2D eigenvalue weighted by atomic mass is 16.3. The smallest absolute Gasteiger partial charge is 0.228 e. The fourth-order valence-corrected chi connectivity index (χ4v) is 6.16. The van der Waals surface area contributed by atoms with E-state index in [-0.39, 0.29) is 11.1 Å². The van der Waals surface area contributed by atoms with Crippen LogP contribution in [0.25, 0.3) is 0 Å². The highest BCUT2D eigenvalue weighted by Crippen LogP contribution is 2.50. The molecule has 1 N–H and O–H groups in total. The van der Waals surface area contributed by atoms with E-state index in [1.807, 2.05) is 4.90 Å². The number of hydrogen-bond donors (Lipinski definition) is 1. The number of rotatable bonds is 5. The van der Waals surface area contributed by atoms with Crippen molar-refractivity contribution in [2.45, 2.75) is 62.4 Å². The Balaban J connectivity index is 1.44. The highest BCUT2D eigenvalue weighted by Gasteiger charge is 2.55. The number of nitriles is 1. The summed E-state index contributed by atoms with van der Waals surface area (Å²) in [7, 11) is 4.38. The normalized spacial score (nSPS) is 30.5. The van der Waals surface area contributed by atoms with Gasteiger partial charge < -0.3 is 10.0 Å². The minimum atomic E-state index is -0.734. The lowest BCUT2D eigenvalue weighted by molar-refractivity contribution is -0.0662. The van der Waals surface area contributed by atoms with E-state index in [2.05, 4.69) is 70.3 Å². The van der Waals surface area contributed by atoms with Crippen LogP contribution in [-0.4, -0.2) is 63.9 Å². The van der Waals surface area contributed by atoms with Gasteiger partial charge in [0, 0.05) is 24.2 Å². The Hall–Kier alpha value is -2.53. The van der Waals surface area contributed by atoms with Gasteiger partial charge in [-0.15, -0.1) is 0 Å². The molecule has 1 spiro atoms. The molecule has 5 rings (SSSR count). The maximum atomic E-state index is 11.5. The zero-order chi connectivity index (χ0) is 23.1. The van der Waals surface area contributed by atoms with Crippen LogP contribution < -0.4 is 4.90 Å². The SMILES string of the molecule is CN(C)C1(c2ccccc2)CCC2(CC1)CN(c1ncc(C#N)cn1)C(O)N2CC1CCC1. The molecular formula is C26H34N6O. The first-order chi connectivity index (χ1) is 16.0. The second-order valence-electron chi connectivity index (χ2n) is 10.3. The van der Waals surface area contributed by atoms with E-state index in [9.17, 15) is 5.11 Å². The van der Waals surface area contributed by atoms with Crippen molar-refractivity contribution in [1.82, 2.24) is 19.8 Å². The molecule has 1 aliphatic heterocycles. The molecule has 1 saturated heterocycles. The van der Waals surface area contributed by atoms with E-state index in [4.69, 9.17) is 5.26 Å². The van der Waals surface area contributed by atoms with Crippen LogP contribution in [-0.2, 0) is 5.54 Å². The third-order valence-corrected chi connectivity index (χ3v) is 8.51. The Labute approximate surface area is 196 Å². The first-order valence-electron chi connectivity index (χ1n) is 12.1. The zero-order valence-corrected chi connectivity index (χ0v) is 19.7. The number of anilines is 1. The van der Waals surface area contributed by atoms with Crippen molar-refractivity contribution in [1.29, 1.82) is 5.26 Å². The summed E-state index contributed by atoms with van der Waals surface area (Å²) in [5.41, 5.74) is 1.73. The van der Waals surface area contributed by atoms with Crippen LogP contribution in [0.1, 0.15) is 56.1 Å². The molecule has 1 aromatic carbocycles. The summed E-state index contributed by atoms with van der Waals surface area (Å²) in [4.78, 5) is 15.5. The van der Waals surface area contributed by atoms with E-state index in [0.717, 1.165) is 32.2 Å². The predicted octanol–water partition coefficient (Wildman–Crippen LogP) is 3.32. The number of benzene rings is 1. The molecule has 0 bridgehead atoms. The molecule has 3 aliphatic rings. The molecule has 174 valence electrons. The van der Waals surface area contributed by atoms with Crippen LogP contribution in [0.5, 0.6) is 0 Å². The Morgan fingerprint density at radius 3 is 2.30 bits per heavy atom. The predicted molar refractivity (Wildman–Crippen MR) is 127 cm³/mol. The number of hydrogen-bond acceptors (Lipinski definition) is 7. The van der Waals surface area contributed by atoms with Crippen LogP contribution >= 0.6 is 0 Å². The average molecular weight is 447 g/mol. The lowest BCUT2D eigenvalue weighted by atomic mass is 9.68. The molecule has 1 unspecified atom stereocenters. The minimum Gasteiger partial charge on any atom is -0.361 e. The number of aromatic nitrogens is 2. The molecular weight excluding hydrogens is 412 g/mol. The Morgan fingerprint density at radius 1 is 1.09 bits per heavy atom. The topological polar surface area (TPSA) is 79.5 Å². The Kier molecular flexibility index (Phi) is 5.86. The van der Waals surface area contributed by atoms with Crippen molar-refractivity contribution in [3.63, 3.8) is 0 Å². The van der Waals surface area contributed by atoms with Crippen molar-refractivity contribution in [3.05, 3.63) is 53.9 Å². The van der Waals surface area contributed by atoms with Crippen LogP contribution in [0.3, 0.4) is 0 Å². The maximum Gasteiger partial charge on any atom is 0.228 e. The molecule has 1 aromatic heterocycles. The fourth-order valence-electron chi connectivity index (χ4n) is 6.16. The van der Waals surface area contributed by atoms with Gasteiger partial charge >= 0.3 is 0 Å². The zero-order valence-electron chi connectivity index (χ0n) is 19.7. The summed E-state index contributed by atoms with van der Waals surface area (Å²) >= 11 is 0. The molecule has 0 radical (unpaired) electrons. The van der Waals surface area contributed by atoms with E-state index in [1.54, 1.807) is 12.4 Å². The van der Waals surface area contributed by atoms with Gasteiger partial charge in [0.1, 0.15) is 6.07 Å².